The normalized spacial score (nSPS) is 11.3. The highest BCUT2D eigenvalue weighted by atomic mass is 32.2. The third kappa shape index (κ3) is 3.17. The molecule has 0 aliphatic carbocycles. The third-order valence-electron chi connectivity index (χ3n) is 2.42. The summed E-state index contributed by atoms with van der Waals surface area (Å²) in [7, 11) is 1.59. The number of oxime groups is 1. The van der Waals surface area contributed by atoms with Gasteiger partial charge in [0.1, 0.15) is 10.8 Å². The van der Waals surface area contributed by atoms with Crippen LogP contribution >= 0.6 is 11.8 Å². The molecule has 0 bridgehead atoms. The van der Waals surface area contributed by atoms with Gasteiger partial charge in [0.2, 0.25) is 0 Å². The van der Waals surface area contributed by atoms with E-state index in [9.17, 15) is 0 Å². The van der Waals surface area contributed by atoms with Gasteiger partial charge in [-0.3, -0.25) is 0 Å². The molecule has 19 heavy (non-hydrogen) atoms. The highest BCUT2D eigenvalue weighted by Gasteiger charge is 2.10. The lowest BCUT2D eigenvalue weighted by Crippen LogP contribution is -2.14. The van der Waals surface area contributed by atoms with E-state index in [2.05, 4.69) is 10.1 Å². The average molecular weight is 275 g/mol. The Morgan fingerprint density at radius 3 is 2.84 bits per heavy atom. The van der Waals surface area contributed by atoms with Crippen molar-refractivity contribution < 1.29 is 9.94 Å². The molecule has 2 rings (SSSR count). The molecule has 0 unspecified atom stereocenters. The Labute approximate surface area is 115 Å². The summed E-state index contributed by atoms with van der Waals surface area (Å²) in [6.45, 7) is 0. The lowest BCUT2D eigenvalue weighted by Gasteiger charge is -2.09. The number of ether oxygens (including phenoxy) is 1. The van der Waals surface area contributed by atoms with Crippen molar-refractivity contribution in [3.05, 3.63) is 48.2 Å². The summed E-state index contributed by atoms with van der Waals surface area (Å²) in [5.41, 5.74) is 6.30. The molecule has 0 spiro atoms. The molecule has 0 saturated carbocycles. The Balaban J connectivity index is 2.41. The maximum atomic E-state index is 8.81. The molecule has 1 aromatic carbocycles. The van der Waals surface area contributed by atoms with Gasteiger partial charge in [0.25, 0.3) is 0 Å². The van der Waals surface area contributed by atoms with Crippen molar-refractivity contribution in [2.24, 2.45) is 10.9 Å². The van der Waals surface area contributed by atoms with E-state index in [0.717, 1.165) is 9.92 Å². The number of pyridine rings is 1. The summed E-state index contributed by atoms with van der Waals surface area (Å²) >= 11 is 1.42. The van der Waals surface area contributed by atoms with E-state index in [1.165, 1.54) is 11.8 Å². The molecule has 0 saturated heterocycles. The zero-order valence-corrected chi connectivity index (χ0v) is 11.1. The lowest BCUT2D eigenvalue weighted by molar-refractivity contribution is 0.318. The number of methoxy groups -OCH3 is 1. The summed E-state index contributed by atoms with van der Waals surface area (Å²) in [5, 5.41) is 12.7. The van der Waals surface area contributed by atoms with Gasteiger partial charge in [-0.25, -0.2) is 4.98 Å². The predicted octanol–water partition coefficient (Wildman–Crippen LogP) is 2.34. The fourth-order valence-corrected chi connectivity index (χ4v) is 2.44. The second-order valence-electron chi connectivity index (χ2n) is 3.62. The Morgan fingerprint density at radius 1 is 1.37 bits per heavy atom. The van der Waals surface area contributed by atoms with Crippen molar-refractivity contribution in [1.29, 1.82) is 0 Å². The van der Waals surface area contributed by atoms with Crippen molar-refractivity contribution >= 4 is 17.6 Å². The number of nitrogens with two attached hydrogens (primary N) is 1. The highest BCUT2D eigenvalue weighted by molar-refractivity contribution is 7.99. The summed E-state index contributed by atoms with van der Waals surface area (Å²) in [4.78, 5) is 5.05. The highest BCUT2D eigenvalue weighted by Crippen LogP contribution is 2.31. The van der Waals surface area contributed by atoms with E-state index in [1.54, 1.807) is 25.4 Å². The van der Waals surface area contributed by atoms with Crippen LogP contribution in [-0.4, -0.2) is 23.1 Å². The van der Waals surface area contributed by atoms with Crippen molar-refractivity contribution in [2.75, 3.05) is 7.11 Å². The lowest BCUT2D eigenvalue weighted by atomic mass is 10.2. The number of aromatic nitrogens is 1. The van der Waals surface area contributed by atoms with E-state index in [4.69, 9.17) is 15.7 Å². The number of amidine groups is 1. The molecule has 1 heterocycles. The van der Waals surface area contributed by atoms with Gasteiger partial charge in [0.05, 0.1) is 7.11 Å². The molecule has 0 atom stereocenters. The Kier molecular flexibility index (Phi) is 4.25. The molecule has 2 aromatic rings. The minimum Gasteiger partial charge on any atom is -0.497 e. The Morgan fingerprint density at radius 2 is 2.21 bits per heavy atom. The zero-order chi connectivity index (χ0) is 13.7. The topological polar surface area (TPSA) is 80.7 Å². The van der Waals surface area contributed by atoms with Gasteiger partial charge in [-0.05, 0) is 30.3 Å². The molecule has 6 heteroatoms. The van der Waals surface area contributed by atoms with Crippen molar-refractivity contribution in [1.82, 2.24) is 4.98 Å². The third-order valence-corrected chi connectivity index (χ3v) is 3.43. The van der Waals surface area contributed by atoms with Crippen LogP contribution in [0.3, 0.4) is 0 Å². The first kappa shape index (κ1) is 13.2. The molecular weight excluding hydrogens is 262 g/mol. The maximum absolute atomic E-state index is 8.81. The quantitative estimate of drug-likeness (QED) is 0.387. The van der Waals surface area contributed by atoms with E-state index >= 15 is 0 Å². The largest absolute Gasteiger partial charge is 0.497 e. The molecule has 0 fully saturated rings. The number of hydrogen-bond donors (Lipinski definition) is 2. The first-order valence-corrected chi connectivity index (χ1v) is 6.31. The van der Waals surface area contributed by atoms with E-state index in [0.29, 0.717) is 11.3 Å². The molecule has 98 valence electrons. The van der Waals surface area contributed by atoms with Gasteiger partial charge in [0, 0.05) is 16.7 Å². The standard InChI is InChI=1S/C13H13N3O2S/c1-18-9-5-6-10(13(14)16-17)11(8-9)19-12-4-2-3-7-15-12/h2-8,17H,1H3,(H2,14,16). The Hall–Kier alpha value is -2.21. The van der Waals surface area contributed by atoms with E-state index < -0.39 is 0 Å². The van der Waals surface area contributed by atoms with Crippen LogP contribution in [0.4, 0.5) is 0 Å². The van der Waals surface area contributed by atoms with Crippen LogP contribution in [0.1, 0.15) is 5.56 Å². The molecule has 0 amide bonds. The number of nitrogens with zero attached hydrogens (tertiary/aromatic N) is 2. The summed E-state index contributed by atoms with van der Waals surface area (Å²) in [5.74, 6) is 0.758. The van der Waals surface area contributed by atoms with Crippen LogP contribution in [0.25, 0.3) is 0 Å². The Bertz CT molecular complexity index is 588. The van der Waals surface area contributed by atoms with Gasteiger partial charge in [0.15, 0.2) is 5.84 Å². The summed E-state index contributed by atoms with van der Waals surface area (Å²) in [6, 6.07) is 11.0. The SMILES string of the molecule is COc1ccc(/C(N)=N/O)c(Sc2ccccn2)c1. The monoisotopic (exact) mass is 275 g/mol. The van der Waals surface area contributed by atoms with E-state index in [-0.39, 0.29) is 5.84 Å². The van der Waals surface area contributed by atoms with Crippen molar-refractivity contribution in [3.63, 3.8) is 0 Å². The summed E-state index contributed by atoms with van der Waals surface area (Å²) in [6.07, 6.45) is 1.71. The number of hydrogen-bond acceptors (Lipinski definition) is 5. The van der Waals surface area contributed by atoms with Crippen LogP contribution < -0.4 is 10.5 Å². The smallest absolute Gasteiger partial charge is 0.171 e. The first-order chi connectivity index (χ1) is 9.24. The fraction of sp³-hybridized carbons (Fsp3) is 0.0769. The molecule has 1 aromatic heterocycles. The van der Waals surface area contributed by atoms with E-state index in [1.807, 2.05) is 24.3 Å². The van der Waals surface area contributed by atoms with Gasteiger partial charge < -0.3 is 15.7 Å². The fourth-order valence-electron chi connectivity index (χ4n) is 1.50. The van der Waals surface area contributed by atoms with Crippen LogP contribution in [-0.2, 0) is 0 Å². The summed E-state index contributed by atoms with van der Waals surface area (Å²) < 4.78 is 5.18. The van der Waals surface area contributed by atoms with Gasteiger partial charge in [-0.2, -0.15) is 0 Å². The first-order valence-electron chi connectivity index (χ1n) is 5.49. The predicted molar refractivity (Wildman–Crippen MR) is 73.9 cm³/mol. The van der Waals surface area contributed by atoms with Crippen molar-refractivity contribution in [2.45, 2.75) is 9.92 Å². The number of benzene rings is 1. The molecule has 0 aliphatic rings. The van der Waals surface area contributed by atoms with Crippen LogP contribution in [0.2, 0.25) is 0 Å². The molecule has 0 aliphatic heterocycles. The zero-order valence-electron chi connectivity index (χ0n) is 10.3. The van der Waals surface area contributed by atoms with Crippen LogP contribution in [0, 0.1) is 0 Å². The maximum Gasteiger partial charge on any atom is 0.171 e. The van der Waals surface area contributed by atoms with Gasteiger partial charge in [-0.1, -0.05) is 23.0 Å². The minimum absolute atomic E-state index is 0.0566. The van der Waals surface area contributed by atoms with Crippen molar-refractivity contribution in [3.8, 4) is 5.75 Å². The second kappa shape index (κ2) is 6.10. The van der Waals surface area contributed by atoms with Gasteiger partial charge >= 0.3 is 0 Å². The average Bonchev–Trinajstić information content (AvgIpc) is 2.47. The molecule has 0 radical (unpaired) electrons. The molecule has 3 N–H and O–H groups in total. The minimum atomic E-state index is 0.0566. The second-order valence-corrected chi connectivity index (χ2v) is 4.68. The van der Waals surface area contributed by atoms with Crippen LogP contribution in [0.5, 0.6) is 5.75 Å². The van der Waals surface area contributed by atoms with Gasteiger partial charge in [-0.15, -0.1) is 0 Å². The molecular formula is C13H13N3O2S. The molecule has 5 nitrogen and oxygen atoms in total. The number of rotatable bonds is 4. The van der Waals surface area contributed by atoms with Crippen LogP contribution in [0.15, 0.2) is 57.7 Å².